The lowest BCUT2D eigenvalue weighted by molar-refractivity contribution is -0.298. The van der Waals surface area contributed by atoms with Crippen molar-refractivity contribution in [2.24, 2.45) is 0 Å². The van der Waals surface area contributed by atoms with Crippen LogP contribution in [0.5, 0.6) is 0 Å². The molecule has 0 saturated carbocycles. The van der Waals surface area contributed by atoms with Gasteiger partial charge in [0.15, 0.2) is 11.4 Å². The summed E-state index contributed by atoms with van der Waals surface area (Å²) in [5.74, 6) is 0. The summed E-state index contributed by atoms with van der Waals surface area (Å²) in [6, 6.07) is 16.9. The molecular weight excluding hydrogens is 267 g/mol. The van der Waals surface area contributed by atoms with Crippen LogP contribution in [0.25, 0.3) is 21.5 Å². The second kappa shape index (κ2) is 5.55. The van der Waals surface area contributed by atoms with Crippen molar-refractivity contribution in [1.82, 2.24) is 0 Å². The quantitative estimate of drug-likeness (QED) is 0.392. The van der Waals surface area contributed by atoms with E-state index in [1.54, 1.807) is 0 Å². The van der Waals surface area contributed by atoms with Crippen LogP contribution in [0, 0.1) is 0 Å². The first kappa shape index (κ1) is 14.7. The predicted molar refractivity (Wildman–Crippen MR) is 66.6 cm³/mol. The number of hydrogen-bond acceptors (Lipinski definition) is 0. The summed E-state index contributed by atoms with van der Waals surface area (Å²) < 4.78 is 0. The van der Waals surface area contributed by atoms with Crippen molar-refractivity contribution in [2.45, 2.75) is 0 Å². The zero-order chi connectivity index (χ0) is 11.1. The Morgan fingerprint density at radius 3 is 2.00 bits per heavy atom. The van der Waals surface area contributed by atoms with E-state index in [-0.39, 0.29) is 24.8 Å². The molecule has 0 saturated heterocycles. The van der Waals surface area contributed by atoms with Gasteiger partial charge < -0.3 is 36.3 Å². The highest BCUT2D eigenvalue weighted by atomic mass is 35.5. The van der Waals surface area contributed by atoms with Crippen molar-refractivity contribution < 1.29 is 36.3 Å². The molecule has 0 aliphatic carbocycles. The zero-order valence-corrected chi connectivity index (χ0v) is 11.3. The number of rotatable bonds is 0. The van der Waals surface area contributed by atoms with Gasteiger partial charge in [0.25, 0.3) is 0 Å². The van der Waals surface area contributed by atoms with Crippen LogP contribution in [0.3, 0.4) is 0 Å². The van der Waals surface area contributed by atoms with Crippen LogP contribution < -0.4 is 36.3 Å². The molecule has 4 heteroatoms. The van der Waals surface area contributed by atoms with Crippen LogP contribution in [-0.4, -0.2) is 0 Å². The standard InChI is InChI=1S/C14H12N2.2ClH/c15-13-7-10-6-5-9-3-1-2-4-11(9)12(10)8-14(13)16;;/h1-8H,15-16H2;2*1H. The zero-order valence-electron chi connectivity index (χ0n) is 9.79. The minimum Gasteiger partial charge on any atom is -1.00 e. The molecule has 94 valence electrons. The monoisotopic (exact) mass is 280 g/mol. The lowest BCUT2D eigenvalue weighted by atomic mass is 10.0. The van der Waals surface area contributed by atoms with Gasteiger partial charge in [-0.3, -0.25) is 0 Å². The fourth-order valence-electron chi connectivity index (χ4n) is 2.15. The average Bonchev–Trinajstić information content (AvgIpc) is 2.31. The van der Waals surface area contributed by atoms with Crippen LogP contribution in [0.2, 0.25) is 0 Å². The topological polar surface area (TPSA) is 55.3 Å². The molecule has 0 aliphatic rings. The number of hydrogen-bond donors (Lipinski definition) is 2. The van der Waals surface area contributed by atoms with Crippen LogP contribution in [0.15, 0.2) is 48.5 Å². The van der Waals surface area contributed by atoms with Gasteiger partial charge in [0.05, 0.1) is 0 Å². The Morgan fingerprint density at radius 1 is 0.611 bits per heavy atom. The summed E-state index contributed by atoms with van der Waals surface area (Å²) in [4.78, 5) is 0. The Morgan fingerprint density at radius 2 is 1.22 bits per heavy atom. The molecule has 0 radical (unpaired) electrons. The van der Waals surface area contributed by atoms with E-state index in [1.807, 2.05) is 0 Å². The molecule has 0 spiro atoms. The molecule has 0 unspecified atom stereocenters. The smallest absolute Gasteiger partial charge is 0.189 e. The Hall–Kier alpha value is -1.32. The molecule has 0 fully saturated rings. The van der Waals surface area contributed by atoms with Crippen molar-refractivity contribution in [3.63, 3.8) is 0 Å². The maximum absolute atomic E-state index is 4.01. The SMILES string of the molecule is [Cl-].[Cl-].[NH3+]c1cc2ccc3ccccc3c2cc1[NH3+]. The normalized spacial score (nSPS) is 9.89. The van der Waals surface area contributed by atoms with Gasteiger partial charge in [-0.05, 0) is 21.5 Å². The van der Waals surface area contributed by atoms with Crippen molar-refractivity contribution in [1.29, 1.82) is 0 Å². The van der Waals surface area contributed by atoms with Crippen LogP contribution in [-0.2, 0) is 0 Å². The molecule has 18 heavy (non-hydrogen) atoms. The number of halogens is 2. The highest BCUT2D eigenvalue weighted by Crippen LogP contribution is 2.28. The first-order valence-electron chi connectivity index (χ1n) is 5.35. The number of quaternary nitrogens is 2. The molecule has 0 heterocycles. The summed E-state index contributed by atoms with van der Waals surface area (Å²) in [6.45, 7) is 0. The van der Waals surface area contributed by atoms with Gasteiger partial charge >= 0.3 is 0 Å². The third kappa shape index (κ3) is 2.28. The minimum absolute atomic E-state index is 0. The largest absolute Gasteiger partial charge is 1.00 e. The Bertz CT molecular complexity index is 696. The molecule has 2 nitrogen and oxygen atoms in total. The van der Waals surface area contributed by atoms with E-state index in [4.69, 9.17) is 0 Å². The third-order valence-electron chi connectivity index (χ3n) is 3.07. The van der Waals surface area contributed by atoms with E-state index in [2.05, 4.69) is 60.0 Å². The van der Waals surface area contributed by atoms with E-state index in [0.717, 1.165) is 11.4 Å². The van der Waals surface area contributed by atoms with E-state index < -0.39 is 0 Å². The molecular formula is C14H14Cl2N2. The molecule has 0 amide bonds. The molecule has 3 aromatic rings. The summed E-state index contributed by atoms with van der Waals surface area (Å²) in [5, 5.41) is 5.04. The Labute approximate surface area is 118 Å². The first-order chi connectivity index (χ1) is 7.75. The van der Waals surface area contributed by atoms with Crippen LogP contribution >= 0.6 is 0 Å². The maximum Gasteiger partial charge on any atom is 0.189 e. The van der Waals surface area contributed by atoms with Crippen LogP contribution in [0.1, 0.15) is 0 Å². The van der Waals surface area contributed by atoms with Crippen molar-refractivity contribution in [3.8, 4) is 0 Å². The van der Waals surface area contributed by atoms with Crippen molar-refractivity contribution >= 4 is 32.9 Å². The van der Waals surface area contributed by atoms with E-state index in [9.17, 15) is 0 Å². The van der Waals surface area contributed by atoms with Crippen molar-refractivity contribution in [3.05, 3.63) is 48.5 Å². The second-order valence-electron chi connectivity index (χ2n) is 4.13. The van der Waals surface area contributed by atoms with E-state index in [1.165, 1.54) is 21.5 Å². The fourth-order valence-corrected chi connectivity index (χ4v) is 2.15. The summed E-state index contributed by atoms with van der Waals surface area (Å²) >= 11 is 0. The highest BCUT2D eigenvalue weighted by Gasteiger charge is 2.06. The van der Waals surface area contributed by atoms with E-state index >= 15 is 0 Å². The van der Waals surface area contributed by atoms with Gasteiger partial charge in [-0.15, -0.1) is 0 Å². The fraction of sp³-hybridized carbons (Fsp3) is 0. The van der Waals surface area contributed by atoms with Gasteiger partial charge in [-0.1, -0.05) is 36.4 Å². The van der Waals surface area contributed by atoms with Crippen LogP contribution in [0.4, 0.5) is 11.4 Å². The molecule has 3 rings (SSSR count). The Balaban J connectivity index is 0.000000810. The second-order valence-corrected chi connectivity index (χ2v) is 4.13. The summed E-state index contributed by atoms with van der Waals surface area (Å²) in [7, 11) is 0. The van der Waals surface area contributed by atoms with Gasteiger partial charge in [-0.25, -0.2) is 0 Å². The molecule has 6 N–H and O–H groups in total. The van der Waals surface area contributed by atoms with Gasteiger partial charge in [-0.2, -0.15) is 0 Å². The minimum atomic E-state index is 0. The molecule has 0 atom stereocenters. The predicted octanol–water partition coefficient (Wildman–Crippen LogP) is -4.25. The summed E-state index contributed by atoms with van der Waals surface area (Å²) in [6.07, 6.45) is 0. The van der Waals surface area contributed by atoms with Gasteiger partial charge in [0.1, 0.15) is 0 Å². The van der Waals surface area contributed by atoms with E-state index in [0.29, 0.717) is 0 Å². The number of fused-ring (bicyclic) bond motifs is 3. The van der Waals surface area contributed by atoms with Gasteiger partial charge in [0.2, 0.25) is 0 Å². The lowest BCUT2D eigenvalue weighted by Crippen LogP contribution is -3.00. The summed E-state index contributed by atoms with van der Waals surface area (Å²) in [5.41, 5.74) is 10.0. The molecule has 0 aliphatic heterocycles. The molecule has 0 aromatic heterocycles. The molecule has 0 bridgehead atoms. The lowest BCUT2D eigenvalue weighted by Gasteiger charge is -2.03. The van der Waals surface area contributed by atoms with Crippen molar-refractivity contribution in [2.75, 3.05) is 0 Å². The molecule has 3 aromatic carbocycles. The first-order valence-corrected chi connectivity index (χ1v) is 5.35. The third-order valence-corrected chi connectivity index (χ3v) is 3.07. The number of benzene rings is 3. The highest BCUT2D eigenvalue weighted by molar-refractivity contribution is 6.08. The maximum atomic E-state index is 4.01. The Kier molecular flexibility index (Phi) is 4.54. The average molecular weight is 281 g/mol. The van der Waals surface area contributed by atoms with Gasteiger partial charge in [0, 0.05) is 12.1 Å².